The third-order valence-corrected chi connectivity index (χ3v) is 6.73. The molecule has 1 aromatic carbocycles. The molecule has 3 aromatic rings. The van der Waals surface area contributed by atoms with Crippen molar-refractivity contribution < 1.29 is 14.3 Å². The Morgan fingerprint density at radius 2 is 2.13 bits per heavy atom. The van der Waals surface area contributed by atoms with E-state index >= 15 is 0 Å². The number of nitrogens with two attached hydrogens (primary N) is 1. The van der Waals surface area contributed by atoms with E-state index < -0.39 is 0 Å². The topological polar surface area (TPSA) is 105 Å². The van der Waals surface area contributed by atoms with Crippen LogP contribution in [0.3, 0.4) is 0 Å². The summed E-state index contributed by atoms with van der Waals surface area (Å²) in [6.07, 6.45) is 2.53. The number of hydrogen-bond acceptors (Lipinski definition) is 8. The second-order valence-electron chi connectivity index (χ2n) is 6.98. The second kappa shape index (κ2) is 9.05. The summed E-state index contributed by atoms with van der Waals surface area (Å²) in [5, 5.41) is 12.4. The maximum atomic E-state index is 11.2. The summed E-state index contributed by atoms with van der Waals surface area (Å²) in [4.78, 5) is 16.0. The molecule has 0 atom stereocenters. The molecule has 0 unspecified atom stereocenters. The molecule has 10 heteroatoms. The fourth-order valence-electron chi connectivity index (χ4n) is 3.09. The Morgan fingerprint density at radius 3 is 2.83 bits per heavy atom. The summed E-state index contributed by atoms with van der Waals surface area (Å²) in [6, 6.07) is 5.70. The molecule has 158 valence electrons. The first kappa shape index (κ1) is 20.7. The Bertz CT molecular complexity index is 1040. The fraction of sp³-hybridized carbons (Fsp3) is 0.400. The molecule has 1 aliphatic carbocycles. The van der Waals surface area contributed by atoms with Gasteiger partial charge in [-0.2, -0.15) is 0 Å². The van der Waals surface area contributed by atoms with Gasteiger partial charge in [-0.05, 0) is 25.0 Å². The molecule has 2 aromatic heterocycles. The fourth-order valence-corrected chi connectivity index (χ4v) is 4.91. The first-order valence-corrected chi connectivity index (χ1v) is 11.5. The highest BCUT2D eigenvalue weighted by Crippen LogP contribution is 2.40. The normalized spacial score (nSPS) is 13.4. The number of methoxy groups -OCH3 is 2. The smallest absolute Gasteiger partial charge is 0.219 e. The number of ether oxygens (including phenoxy) is 2. The summed E-state index contributed by atoms with van der Waals surface area (Å²) in [7, 11) is 3.27. The Labute approximate surface area is 182 Å². The predicted molar refractivity (Wildman–Crippen MR) is 116 cm³/mol. The van der Waals surface area contributed by atoms with Crippen molar-refractivity contribution in [3.05, 3.63) is 35.1 Å². The van der Waals surface area contributed by atoms with Crippen LogP contribution in [-0.4, -0.2) is 39.9 Å². The molecule has 4 rings (SSSR count). The van der Waals surface area contributed by atoms with Crippen LogP contribution in [0.15, 0.2) is 28.7 Å². The highest BCUT2D eigenvalue weighted by molar-refractivity contribution is 7.98. The molecule has 0 aliphatic heterocycles. The van der Waals surface area contributed by atoms with Gasteiger partial charge in [-0.15, -0.1) is 21.5 Å². The van der Waals surface area contributed by atoms with E-state index in [9.17, 15) is 4.79 Å². The highest BCUT2D eigenvalue weighted by Gasteiger charge is 2.30. The van der Waals surface area contributed by atoms with Crippen LogP contribution in [0.25, 0.3) is 10.6 Å². The molecule has 0 spiro atoms. The van der Waals surface area contributed by atoms with Crippen LogP contribution >= 0.6 is 23.1 Å². The lowest BCUT2D eigenvalue weighted by Crippen LogP contribution is -2.15. The summed E-state index contributed by atoms with van der Waals surface area (Å²) in [6.45, 7) is 0.516. The molecule has 0 bridgehead atoms. The lowest BCUT2D eigenvalue weighted by Gasteiger charge is -2.08. The molecule has 2 heterocycles. The molecule has 1 aliphatic rings. The van der Waals surface area contributed by atoms with Gasteiger partial charge in [0.15, 0.2) is 5.16 Å². The number of hydrogen-bond donors (Lipinski definition) is 1. The van der Waals surface area contributed by atoms with Crippen LogP contribution in [0.5, 0.6) is 11.5 Å². The SMILES string of the molecule is COc1ccc(-c2nc(CSc3nnc(C4CC4)n3CCC(N)=O)cs2)c(OC)c1. The van der Waals surface area contributed by atoms with Crippen LogP contribution in [-0.2, 0) is 17.1 Å². The number of primary amides is 1. The van der Waals surface area contributed by atoms with Gasteiger partial charge in [-0.25, -0.2) is 4.98 Å². The lowest BCUT2D eigenvalue weighted by molar-refractivity contribution is -0.118. The van der Waals surface area contributed by atoms with Gasteiger partial charge < -0.3 is 19.8 Å². The van der Waals surface area contributed by atoms with Crippen molar-refractivity contribution in [3.8, 4) is 22.1 Å². The summed E-state index contributed by atoms with van der Waals surface area (Å²) in [5.41, 5.74) is 7.22. The highest BCUT2D eigenvalue weighted by atomic mass is 32.2. The molecule has 0 saturated heterocycles. The van der Waals surface area contributed by atoms with Gasteiger partial charge in [-0.1, -0.05) is 11.8 Å². The van der Waals surface area contributed by atoms with Crippen molar-refractivity contribution in [2.45, 2.75) is 42.6 Å². The maximum Gasteiger partial charge on any atom is 0.219 e. The number of carbonyl (C=O) groups excluding carboxylic acids is 1. The Balaban J connectivity index is 1.48. The van der Waals surface area contributed by atoms with Gasteiger partial charge in [0, 0.05) is 36.1 Å². The van der Waals surface area contributed by atoms with Crippen LogP contribution in [0.1, 0.15) is 36.7 Å². The zero-order chi connectivity index (χ0) is 21.1. The molecule has 30 heavy (non-hydrogen) atoms. The molecule has 8 nitrogen and oxygen atoms in total. The van der Waals surface area contributed by atoms with Crippen molar-refractivity contribution >= 4 is 29.0 Å². The minimum absolute atomic E-state index is 0.281. The number of benzene rings is 1. The second-order valence-corrected chi connectivity index (χ2v) is 8.78. The Morgan fingerprint density at radius 1 is 1.30 bits per heavy atom. The number of aromatic nitrogens is 4. The Hall–Kier alpha value is -2.59. The molecule has 0 radical (unpaired) electrons. The number of thiazole rings is 1. The number of amides is 1. The van der Waals surface area contributed by atoms with Gasteiger partial charge >= 0.3 is 0 Å². The molecular weight excluding hydrogens is 422 g/mol. The van der Waals surface area contributed by atoms with Gasteiger partial charge in [0.2, 0.25) is 5.91 Å². The number of carbonyl (C=O) groups is 1. The molecule has 1 saturated carbocycles. The van der Waals surface area contributed by atoms with E-state index in [1.54, 1.807) is 37.3 Å². The zero-order valence-electron chi connectivity index (χ0n) is 16.8. The molecule has 2 N–H and O–H groups in total. The molecule has 1 amide bonds. The maximum absolute atomic E-state index is 11.2. The summed E-state index contributed by atoms with van der Waals surface area (Å²) >= 11 is 3.14. The van der Waals surface area contributed by atoms with Crippen molar-refractivity contribution in [3.63, 3.8) is 0 Å². The predicted octanol–water partition coefficient (Wildman–Crippen LogP) is 3.46. The van der Waals surface area contributed by atoms with Crippen LogP contribution < -0.4 is 15.2 Å². The van der Waals surface area contributed by atoms with Crippen molar-refractivity contribution in [2.75, 3.05) is 14.2 Å². The van der Waals surface area contributed by atoms with E-state index in [0.29, 0.717) is 18.2 Å². The third-order valence-electron chi connectivity index (χ3n) is 4.81. The largest absolute Gasteiger partial charge is 0.497 e. The van der Waals surface area contributed by atoms with Crippen molar-refractivity contribution in [2.24, 2.45) is 5.73 Å². The standard InChI is InChI=1S/C20H23N5O3S2/c1-27-14-5-6-15(16(9-14)28-2)19-22-13(10-29-19)11-30-20-24-23-18(12-3-4-12)25(20)8-7-17(21)26/h5-6,9-10,12H,3-4,7-8,11H2,1-2H3,(H2,21,26). The Kier molecular flexibility index (Phi) is 6.24. The third kappa shape index (κ3) is 4.59. The van der Waals surface area contributed by atoms with Crippen LogP contribution in [0.4, 0.5) is 0 Å². The summed E-state index contributed by atoms with van der Waals surface area (Å²) < 4.78 is 12.8. The first-order chi connectivity index (χ1) is 14.6. The molecule has 1 fully saturated rings. The number of rotatable bonds is 10. The van der Waals surface area contributed by atoms with E-state index in [-0.39, 0.29) is 12.3 Å². The van der Waals surface area contributed by atoms with E-state index in [4.69, 9.17) is 20.2 Å². The van der Waals surface area contributed by atoms with Crippen molar-refractivity contribution in [1.29, 1.82) is 0 Å². The van der Waals surface area contributed by atoms with Gasteiger partial charge in [0.25, 0.3) is 0 Å². The van der Waals surface area contributed by atoms with E-state index in [2.05, 4.69) is 10.2 Å². The minimum atomic E-state index is -0.320. The van der Waals surface area contributed by atoms with Crippen molar-refractivity contribution in [1.82, 2.24) is 19.7 Å². The van der Waals surface area contributed by atoms with Gasteiger partial charge in [0.05, 0.1) is 25.5 Å². The lowest BCUT2D eigenvalue weighted by atomic mass is 10.2. The van der Waals surface area contributed by atoms with Gasteiger partial charge in [-0.3, -0.25) is 4.79 Å². The quantitative estimate of drug-likeness (QED) is 0.476. The average molecular weight is 446 g/mol. The van der Waals surface area contributed by atoms with E-state index in [1.807, 2.05) is 28.1 Å². The van der Waals surface area contributed by atoms with Gasteiger partial charge in [0.1, 0.15) is 22.3 Å². The monoisotopic (exact) mass is 445 g/mol. The van der Waals surface area contributed by atoms with E-state index in [0.717, 1.165) is 51.6 Å². The van der Waals surface area contributed by atoms with E-state index in [1.165, 1.54) is 0 Å². The first-order valence-electron chi connectivity index (χ1n) is 9.60. The zero-order valence-corrected chi connectivity index (χ0v) is 18.5. The number of thioether (sulfide) groups is 1. The molecular formula is C20H23N5O3S2. The summed E-state index contributed by atoms with van der Waals surface area (Å²) in [5.74, 6) is 3.22. The minimum Gasteiger partial charge on any atom is -0.497 e. The van der Waals surface area contributed by atoms with Crippen LogP contribution in [0.2, 0.25) is 0 Å². The van der Waals surface area contributed by atoms with Crippen LogP contribution in [0, 0.1) is 0 Å². The average Bonchev–Trinajstić information content (AvgIpc) is 3.35. The number of nitrogens with zero attached hydrogens (tertiary/aromatic N) is 4.